The molecule has 1 saturated heterocycles. The molecule has 0 aromatic heterocycles. The van der Waals surface area contributed by atoms with Crippen LogP contribution in [0.15, 0.2) is 18.2 Å². The van der Waals surface area contributed by atoms with Crippen LogP contribution >= 0.6 is 11.6 Å². The Labute approximate surface area is 123 Å². The summed E-state index contributed by atoms with van der Waals surface area (Å²) in [6.45, 7) is 0. The average Bonchev–Trinajstić information content (AvgIpc) is 2.38. The Bertz CT molecular complexity index is 580. The van der Waals surface area contributed by atoms with E-state index in [0.29, 0.717) is 29.8 Å². The number of hydrogen-bond acceptors (Lipinski definition) is 4. The monoisotopic (exact) mass is 320 g/mol. The van der Waals surface area contributed by atoms with Gasteiger partial charge in [0.15, 0.2) is 9.84 Å². The van der Waals surface area contributed by atoms with E-state index < -0.39 is 26.9 Å². The number of sulfone groups is 1. The molecule has 1 heterocycles. The fourth-order valence-electron chi connectivity index (χ4n) is 2.65. The lowest BCUT2D eigenvalue weighted by molar-refractivity contribution is 0.440. The number of rotatable bonds is 4. The zero-order chi connectivity index (χ0) is 14.8. The molecule has 2 unspecified atom stereocenters. The number of nitrogens with two attached hydrogens (primary N) is 1. The first kappa shape index (κ1) is 15.7. The highest BCUT2D eigenvalue weighted by molar-refractivity contribution is 7.92. The third-order valence-electron chi connectivity index (χ3n) is 3.75. The third-order valence-corrected chi connectivity index (χ3v) is 6.44. The van der Waals surface area contributed by atoms with Crippen molar-refractivity contribution in [3.63, 3.8) is 0 Å². The van der Waals surface area contributed by atoms with E-state index in [1.807, 2.05) is 0 Å². The Balaban J connectivity index is 2.20. The van der Waals surface area contributed by atoms with Gasteiger partial charge in [0.25, 0.3) is 0 Å². The SMILES string of the molecule is NNC(Cc1ccc(F)cc1Cl)C1CCCCS1(=O)=O. The second-order valence-electron chi connectivity index (χ2n) is 5.11. The zero-order valence-electron chi connectivity index (χ0n) is 11.0. The molecule has 3 N–H and O–H groups in total. The van der Waals surface area contributed by atoms with E-state index in [1.165, 1.54) is 12.1 Å². The molecule has 1 aromatic rings. The Morgan fingerprint density at radius 3 is 2.80 bits per heavy atom. The molecule has 1 aliphatic rings. The largest absolute Gasteiger partial charge is 0.271 e. The lowest BCUT2D eigenvalue weighted by atomic mass is 10.00. The first-order chi connectivity index (χ1) is 9.44. The minimum Gasteiger partial charge on any atom is -0.271 e. The van der Waals surface area contributed by atoms with Crippen molar-refractivity contribution >= 4 is 21.4 Å². The van der Waals surface area contributed by atoms with Gasteiger partial charge in [0.1, 0.15) is 5.82 Å². The van der Waals surface area contributed by atoms with Gasteiger partial charge in [-0.2, -0.15) is 0 Å². The van der Waals surface area contributed by atoms with Gasteiger partial charge < -0.3 is 0 Å². The highest BCUT2D eigenvalue weighted by atomic mass is 35.5. The summed E-state index contributed by atoms with van der Waals surface area (Å²) in [5.41, 5.74) is 3.28. The predicted octanol–water partition coefficient (Wildman–Crippen LogP) is 1.82. The van der Waals surface area contributed by atoms with Crippen LogP contribution in [0.3, 0.4) is 0 Å². The standard InChI is InChI=1S/C13H18ClFN2O2S/c14-11-8-10(15)5-4-9(11)7-12(17-16)13-3-1-2-6-20(13,18)19/h4-5,8,12-13,17H,1-3,6-7,16H2. The van der Waals surface area contributed by atoms with Gasteiger partial charge in [0, 0.05) is 11.1 Å². The zero-order valence-corrected chi connectivity index (χ0v) is 12.6. The molecule has 1 aliphatic heterocycles. The molecule has 2 rings (SSSR count). The van der Waals surface area contributed by atoms with Crippen LogP contribution < -0.4 is 11.3 Å². The minimum absolute atomic E-state index is 0.201. The van der Waals surface area contributed by atoms with Crippen molar-refractivity contribution in [3.05, 3.63) is 34.6 Å². The molecule has 0 amide bonds. The smallest absolute Gasteiger partial charge is 0.154 e. The van der Waals surface area contributed by atoms with E-state index in [4.69, 9.17) is 17.4 Å². The van der Waals surface area contributed by atoms with Gasteiger partial charge in [-0.15, -0.1) is 0 Å². The van der Waals surface area contributed by atoms with E-state index >= 15 is 0 Å². The van der Waals surface area contributed by atoms with Gasteiger partial charge >= 0.3 is 0 Å². The maximum absolute atomic E-state index is 13.0. The van der Waals surface area contributed by atoms with Crippen LogP contribution in [0.25, 0.3) is 0 Å². The summed E-state index contributed by atoms with van der Waals surface area (Å²) < 4.78 is 37.3. The molecular formula is C13H18ClFN2O2S. The van der Waals surface area contributed by atoms with E-state index in [1.54, 1.807) is 6.07 Å². The number of hydrazine groups is 1. The van der Waals surface area contributed by atoms with Gasteiger partial charge in [-0.1, -0.05) is 24.1 Å². The third kappa shape index (κ3) is 3.49. The number of nitrogens with one attached hydrogen (secondary N) is 1. The molecule has 0 radical (unpaired) electrons. The maximum atomic E-state index is 13.0. The Morgan fingerprint density at radius 1 is 1.45 bits per heavy atom. The Kier molecular flexibility index (Phi) is 5.01. The predicted molar refractivity (Wildman–Crippen MR) is 77.7 cm³/mol. The normalized spacial score (nSPS) is 23.4. The summed E-state index contributed by atoms with van der Waals surface area (Å²) in [7, 11) is -3.14. The number of hydrogen-bond donors (Lipinski definition) is 2. The van der Waals surface area contributed by atoms with Gasteiger partial charge in [0.05, 0.1) is 11.0 Å². The van der Waals surface area contributed by atoms with Crippen molar-refractivity contribution in [2.45, 2.75) is 37.0 Å². The molecule has 0 spiro atoms. The Hall–Kier alpha value is -0.690. The molecule has 7 heteroatoms. The Morgan fingerprint density at radius 2 is 2.20 bits per heavy atom. The van der Waals surface area contributed by atoms with Crippen molar-refractivity contribution in [3.8, 4) is 0 Å². The highest BCUT2D eigenvalue weighted by Crippen LogP contribution is 2.26. The second-order valence-corrected chi connectivity index (χ2v) is 7.86. The molecule has 2 atom stereocenters. The molecule has 0 bridgehead atoms. The van der Waals surface area contributed by atoms with Crippen LogP contribution in [0.1, 0.15) is 24.8 Å². The maximum Gasteiger partial charge on any atom is 0.154 e. The van der Waals surface area contributed by atoms with Crippen molar-refractivity contribution < 1.29 is 12.8 Å². The summed E-state index contributed by atoms with van der Waals surface area (Å²) >= 11 is 5.98. The molecule has 20 heavy (non-hydrogen) atoms. The molecule has 0 saturated carbocycles. The van der Waals surface area contributed by atoms with Crippen LogP contribution in [0, 0.1) is 5.82 Å². The minimum atomic E-state index is -3.14. The molecule has 4 nitrogen and oxygen atoms in total. The lowest BCUT2D eigenvalue weighted by Gasteiger charge is -2.29. The summed E-state index contributed by atoms with van der Waals surface area (Å²) in [4.78, 5) is 0. The molecule has 112 valence electrons. The van der Waals surface area contributed by atoms with Crippen LogP contribution in [0.2, 0.25) is 5.02 Å². The van der Waals surface area contributed by atoms with Crippen molar-refractivity contribution in [2.24, 2.45) is 5.84 Å². The van der Waals surface area contributed by atoms with Crippen molar-refractivity contribution in [2.75, 3.05) is 5.75 Å². The van der Waals surface area contributed by atoms with Crippen molar-refractivity contribution in [1.82, 2.24) is 5.43 Å². The van der Waals surface area contributed by atoms with Crippen molar-refractivity contribution in [1.29, 1.82) is 0 Å². The number of benzene rings is 1. The van der Waals surface area contributed by atoms with Crippen LogP contribution in [0.5, 0.6) is 0 Å². The first-order valence-corrected chi connectivity index (χ1v) is 8.65. The second kappa shape index (κ2) is 6.39. The number of halogens is 2. The fraction of sp³-hybridized carbons (Fsp3) is 0.538. The molecule has 1 aromatic carbocycles. The molecule has 0 aliphatic carbocycles. The quantitative estimate of drug-likeness (QED) is 0.655. The topological polar surface area (TPSA) is 72.2 Å². The molecular weight excluding hydrogens is 303 g/mol. The summed E-state index contributed by atoms with van der Waals surface area (Å²) in [5, 5.41) is -0.221. The van der Waals surface area contributed by atoms with Gasteiger partial charge in [0.2, 0.25) is 0 Å². The van der Waals surface area contributed by atoms with Crippen LogP contribution in [-0.2, 0) is 16.3 Å². The van der Waals surface area contributed by atoms with Gasteiger partial charge in [-0.3, -0.25) is 11.3 Å². The lowest BCUT2D eigenvalue weighted by Crippen LogP contribution is -2.50. The van der Waals surface area contributed by atoms with Gasteiger partial charge in [-0.25, -0.2) is 12.8 Å². The average molecular weight is 321 g/mol. The van der Waals surface area contributed by atoms with E-state index in [-0.39, 0.29) is 5.75 Å². The van der Waals surface area contributed by atoms with E-state index in [2.05, 4.69) is 5.43 Å². The summed E-state index contributed by atoms with van der Waals surface area (Å²) in [6, 6.07) is 3.69. The van der Waals surface area contributed by atoms with Crippen LogP contribution in [0.4, 0.5) is 4.39 Å². The fourth-order valence-corrected chi connectivity index (χ4v) is 5.01. The first-order valence-electron chi connectivity index (χ1n) is 6.55. The molecule has 1 fully saturated rings. The van der Waals surface area contributed by atoms with E-state index in [0.717, 1.165) is 6.42 Å². The van der Waals surface area contributed by atoms with E-state index in [9.17, 15) is 12.8 Å². The summed E-state index contributed by atoms with van der Waals surface area (Å²) in [5.74, 6) is 5.31. The van der Waals surface area contributed by atoms with Crippen LogP contribution in [-0.4, -0.2) is 25.5 Å². The summed E-state index contributed by atoms with van der Waals surface area (Å²) in [6.07, 6.45) is 2.53. The highest BCUT2D eigenvalue weighted by Gasteiger charge is 2.35. The van der Waals surface area contributed by atoms with Gasteiger partial charge in [-0.05, 0) is 37.0 Å².